The summed E-state index contributed by atoms with van der Waals surface area (Å²) in [5.41, 5.74) is 0. The van der Waals surface area contributed by atoms with Crippen molar-refractivity contribution >= 4 is 5.91 Å². The van der Waals surface area contributed by atoms with E-state index in [-0.39, 0.29) is 5.91 Å². The summed E-state index contributed by atoms with van der Waals surface area (Å²) in [6.45, 7) is 4.34. The average Bonchev–Trinajstić information content (AvgIpc) is 2.17. The van der Waals surface area contributed by atoms with Crippen LogP contribution in [0.3, 0.4) is 0 Å². The van der Waals surface area contributed by atoms with Gasteiger partial charge < -0.3 is 14.8 Å². The van der Waals surface area contributed by atoms with Gasteiger partial charge in [-0.05, 0) is 19.4 Å². The van der Waals surface area contributed by atoms with Crippen molar-refractivity contribution in [1.82, 2.24) is 5.32 Å². The van der Waals surface area contributed by atoms with Crippen molar-refractivity contribution in [1.29, 1.82) is 0 Å². The topological polar surface area (TPSA) is 47.6 Å². The van der Waals surface area contributed by atoms with Crippen molar-refractivity contribution in [2.24, 2.45) is 0 Å². The van der Waals surface area contributed by atoms with Gasteiger partial charge in [0.15, 0.2) is 0 Å². The molecule has 0 aliphatic rings. The molecule has 0 rings (SSSR count). The van der Waals surface area contributed by atoms with Crippen LogP contribution in [0, 0.1) is 0 Å². The number of rotatable bonds is 8. The number of amides is 1. The van der Waals surface area contributed by atoms with Crippen LogP contribution in [0.1, 0.15) is 13.3 Å². The number of hydrogen-bond donors (Lipinski definition) is 1. The molecule has 0 aromatic rings. The summed E-state index contributed by atoms with van der Waals surface area (Å²) in [6.07, 6.45) is 4.04. The minimum atomic E-state index is -0.0515. The Morgan fingerprint density at radius 1 is 1.36 bits per heavy atom. The van der Waals surface area contributed by atoms with E-state index in [1.807, 2.05) is 6.92 Å². The first-order valence-corrected chi connectivity index (χ1v) is 4.78. The van der Waals surface area contributed by atoms with Crippen LogP contribution < -0.4 is 5.32 Å². The summed E-state index contributed by atoms with van der Waals surface area (Å²) in [7, 11) is 1.64. The lowest BCUT2D eigenvalue weighted by molar-refractivity contribution is -0.116. The molecular weight excluding hydrogens is 182 g/mol. The van der Waals surface area contributed by atoms with Crippen LogP contribution in [0.2, 0.25) is 0 Å². The van der Waals surface area contributed by atoms with Gasteiger partial charge in [0.25, 0.3) is 0 Å². The molecule has 1 N–H and O–H groups in total. The SMILES string of the molecule is CC=CC(=O)NCCCOCCOC. The quantitative estimate of drug-likeness (QED) is 0.465. The lowest BCUT2D eigenvalue weighted by Crippen LogP contribution is -2.23. The van der Waals surface area contributed by atoms with Crippen LogP contribution >= 0.6 is 0 Å². The van der Waals surface area contributed by atoms with Gasteiger partial charge in [-0.3, -0.25) is 4.79 Å². The van der Waals surface area contributed by atoms with Crippen molar-refractivity contribution in [2.45, 2.75) is 13.3 Å². The molecule has 0 aromatic carbocycles. The highest BCUT2D eigenvalue weighted by atomic mass is 16.5. The van der Waals surface area contributed by atoms with Gasteiger partial charge in [-0.15, -0.1) is 0 Å². The molecule has 4 heteroatoms. The Morgan fingerprint density at radius 2 is 2.14 bits per heavy atom. The molecule has 0 fully saturated rings. The van der Waals surface area contributed by atoms with Crippen LogP contribution in [-0.4, -0.2) is 39.4 Å². The fourth-order valence-electron chi connectivity index (χ4n) is 0.840. The third-order valence-electron chi connectivity index (χ3n) is 1.51. The molecule has 0 aliphatic carbocycles. The zero-order valence-electron chi connectivity index (χ0n) is 8.91. The molecule has 0 saturated carbocycles. The van der Waals surface area contributed by atoms with Crippen LogP contribution in [0.15, 0.2) is 12.2 Å². The van der Waals surface area contributed by atoms with Crippen molar-refractivity contribution in [3.05, 3.63) is 12.2 Å². The molecule has 0 aromatic heterocycles. The van der Waals surface area contributed by atoms with Gasteiger partial charge in [0.1, 0.15) is 0 Å². The lowest BCUT2D eigenvalue weighted by Gasteiger charge is -2.03. The number of nitrogens with one attached hydrogen (secondary N) is 1. The normalized spacial score (nSPS) is 10.7. The van der Waals surface area contributed by atoms with Gasteiger partial charge in [-0.2, -0.15) is 0 Å². The molecule has 0 bridgehead atoms. The largest absolute Gasteiger partial charge is 0.382 e. The van der Waals surface area contributed by atoms with E-state index in [2.05, 4.69) is 5.32 Å². The van der Waals surface area contributed by atoms with Crippen molar-refractivity contribution < 1.29 is 14.3 Å². The molecule has 4 nitrogen and oxygen atoms in total. The van der Waals surface area contributed by atoms with E-state index in [0.717, 1.165) is 6.42 Å². The predicted molar refractivity (Wildman–Crippen MR) is 55.1 cm³/mol. The smallest absolute Gasteiger partial charge is 0.243 e. The van der Waals surface area contributed by atoms with E-state index < -0.39 is 0 Å². The molecule has 0 heterocycles. The minimum absolute atomic E-state index is 0.0515. The molecule has 0 spiro atoms. The predicted octanol–water partition coefficient (Wildman–Crippen LogP) is 0.732. The summed E-state index contributed by atoms with van der Waals surface area (Å²) in [6, 6.07) is 0. The molecular formula is C10H19NO3. The zero-order valence-corrected chi connectivity index (χ0v) is 8.91. The number of carbonyl (C=O) groups excluding carboxylic acids is 1. The van der Waals surface area contributed by atoms with Crippen LogP contribution in [0.4, 0.5) is 0 Å². The Labute approximate surface area is 85.3 Å². The second kappa shape index (κ2) is 10.2. The molecule has 14 heavy (non-hydrogen) atoms. The van der Waals surface area contributed by atoms with E-state index >= 15 is 0 Å². The van der Waals surface area contributed by atoms with E-state index in [9.17, 15) is 4.79 Å². The number of hydrogen-bond acceptors (Lipinski definition) is 3. The van der Waals surface area contributed by atoms with Gasteiger partial charge >= 0.3 is 0 Å². The van der Waals surface area contributed by atoms with Gasteiger partial charge in [0, 0.05) is 20.3 Å². The molecule has 1 amide bonds. The first kappa shape index (κ1) is 13.1. The first-order chi connectivity index (χ1) is 6.81. The highest BCUT2D eigenvalue weighted by Crippen LogP contribution is 1.82. The Hall–Kier alpha value is -0.870. The van der Waals surface area contributed by atoms with Crippen molar-refractivity contribution in [2.75, 3.05) is 33.5 Å². The molecule has 0 saturated heterocycles. The highest BCUT2D eigenvalue weighted by Gasteiger charge is 1.93. The first-order valence-electron chi connectivity index (χ1n) is 4.78. The summed E-state index contributed by atoms with van der Waals surface area (Å²) in [4.78, 5) is 10.9. The zero-order chi connectivity index (χ0) is 10.6. The molecule has 0 radical (unpaired) electrons. The van der Waals surface area contributed by atoms with Gasteiger partial charge in [0.05, 0.1) is 13.2 Å². The molecule has 0 unspecified atom stereocenters. The number of methoxy groups -OCH3 is 1. The van der Waals surface area contributed by atoms with E-state index in [0.29, 0.717) is 26.4 Å². The summed E-state index contributed by atoms with van der Waals surface area (Å²) in [5, 5.41) is 2.74. The molecule has 0 atom stereocenters. The summed E-state index contributed by atoms with van der Waals surface area (Å²) in [5.74, 6) is -0.0515. The summed E-state index contributed by atoms with van der Waals surface area (Å²) < 4.78 is 10.0. The Bertz CT molecular complexity index is 169. The maximum atomic E-state index is 10.9. The standard InChI is InChI=1S/C10H19NO3/c1-3-5-10(12)11-6-4-7-14-9-8-13-2/h3,5H,4,6-9H2,1-2H3,(H,11,12). The van der Waals surface area contributed by atoms with Crippen LogP contribution in [0.5, 0.6) is 0 Å². The van der Waals surface area contributed by atoms with E-state index in [1.165, 1.54) is 6.08 Å². The van der Waals surface area contributed by atoms with Crippen molar-refractivity contribution in [3.63, 3.8) is 0 Å². The Balaban J connectivity index is 3.09. The van der Waals surface area contributed by atoms with E-state index in [4.69, 9.17) is 9.47 Å². The van der Waals surface area contributed by atoms with Crippen LogP contribution in [0.25, 0.3) is 0 Å². The Kier molecular flexibility index (Phi) is 9.58. The van der Waals surface area contributed by atoms with Crippen molar-refractivity contribution in [3.8, 4) is 0 Å². The monoisotopic (exact) mass is 201 g/mol. The highest BCUT2D eigenvalue weighted by molar-refractivity contribution is 5.87. The average molecular weight is 201 g/mol. The van der Waals surface area contributed by atoms with Gasteiger partial charge in [-0.25, -0.2) is 0 Å². The Morgan fingerprint density at radius 3 is 2.79 bits per heavy atom. The fraction of sp³-hybridized carbons (Fsp3) is 0.700. The fourth-order valence-corrected chi connectivity index (χ4v) is 0.840. The van der Waals surface area contributed by atoms with Gasteiger partial charge in [-0.1, -0.05) is 6.08 Å². The minimum Gasteiger partial charge on any atom is -0.382 e. The second-order valence-corrected chi connectivity index (χ2v) is 2.75. The maximum Gasteiger partial charge on any atom is 0.243 e. The number of ether oxygens (including phenoxy) is 2. The van der Waals surface area contributed by atoms with Gasteiger partial charge in [0.2, 0.25) is 5.91 Å². The second-order valence-electron chi connectivity index (χ2n) is 2.75. The van der Waals surface area contributed by atoms with Crippen LogP contribution in [-0.2, 0) is 14.3 Å². The molecule has 0 aliphatic heterocycles. The summed E-state index contributed by atoms with van der Waals surface area (Å²) >= 11 is 0. The molecule has 82 valence electrons. The number of allylic oxidation sites excluding steroid dienone is 1. The lowest BCUT2D eigenvalue weighted by atomic mass is 10.4. The third kappa shape index (κ3) is 9.22. The third-order valence-corrected chi connectivity index (χ3v) is 1.51. The maximum absolute atomic E-state index is 10.9. The number of carbonyl (C=O) groups is 1. The van der Waals surface area contributed by atoms with E-state index in [1.54, 1.807) is 13.2 Å².